The Morgan fingerprint density at radius 1 is 1.18 bits per heavy atom. The zero-order chi connectivity index (χ0) is 24.5. The number of hydrogen-bond donors (Lipinski definition) is 1. The van der Waals surface area contributed by atoms with E-state index in [1.54, 1.807) is 10.6 Å². The molecule has 34 heavy (non-hydrogen) atoms. The second-order valence-corrected chi connectivity index (χ2v) is 12.8. The van der Waals surface area contributed by atoms with Crippen LogP contribution < -0.4 is 4.90 Å². The molecule has 3 heterocycles. The largest absolute Gasteiger partial charge is 0.460 e. The zero-order valence-corrected chi connectivity index (χ0v) is 21.5. The Morgan fingerprint density at radius 3 is 2.62 bits per heavy atom. The number of ether oxygens (including phenoxy) is 1. The Kier molecular flexibility index (Phi) is 7.19. The van der Waals surface area contributed by atoms with Gasteiger partial charge in [-0.25, -0.2) is 22.7 Å². The molecule has 2 aromatic rings. The highest BCUT2D eigenvalue weighted by Gasteiger charge is 2.36. The van der Waals surface area contributed by atoms with Crippen LogP contribution in [-0.4, -0.2) is 71.2 Å². The molecule has 9 nitrogen and oxygen atoms in total. The van der Waals surface area contributed by atoms with Gasteiger partial charge in [0.2, 0.25) is 10.0 Å². The molecule has 2 aromatic heterocycles. The maximum absolute atomic E-state index is 13.1. The van der Waals surface area contributed by atoms with Gasteiger partial charge in [-0.05, 0) is 70.8 Å². The molecule has 1 aliphatic heterocycles. The van der Waals surface area contributed by atoms with Crippen LogP contribution >= 0.6 is 0 Å². The van der Waals surface area contributed by atoms with Crippen LogP contribution in [-0.2, 0) is 19.6 Å². The molecule has 4 rings (SSSR count). The highest BCUT2D eigenvalue weighted by atomic mass is 32.2. The molecular formula is C24H37N5O4S. The SMILES string of the molecule is CN(c1ncnc2[nH]ccc12)C1CCC(CS(=O)(=O)N2CC[C@H](CC(=O)OC(C)(C)C)C2)CC1. The van der Waals surface area contributed by atoms with Crippen LogP contribution in [0.25, 0.3) is 11.0 Å². The number of esters is 1. The number of aromatic nitrogens is 3. The van der Waals surface area contributed by atoms with E-state index in [9.17, 15) is 13.2 Å². The molecule has 0 spiro atoms. The Hall–Kier alpha value is -2.20. The first-order valence-electron chi connectivity index (χ1n) is 12.2. The van der Waals surface area contributed by atoms with Crippen molar-refractivity contribution in [1.29, 1.82) is 0 Å². The highest BCUT2D eigenvalue weighted by molar-refractivity contribution is 7.89. The number of hydrogen-bond acceptors (Lipinski definition) is 7. The van der Waals surface area contributed by atoms with Crippen molar-refractivity contribution in [3.05, 3.63) is 18.6 Å². The van der Waals surface area contributed by atoms with Crippen LogP contribution in [0, 0.1) is 11.8 Å². The minimum Gasteiger partial charge on any atom is -0.460 e. The average molecular weight is 492 g/mol. The van der Waals surface area contributed by atoms with Crippen molar-refractivity contribution in [2.45, 2.75) is 70.9 Å². The monoisotopic (exact) mass is 491 g/mol. The fraction of sp³-hybridized carbons (Fsp3) is 0.708. The second-order valence-electron chi connectivity index (χ2n) is 10.8. The molecule has 0 radical (unpaired) electrons. The number of aromatic amines is 1. The van der Waals surface area contributed by atoms with Crippen LogP contribution in [0.3, 0.4) is 0 Å². The van der Waals surface area contributed by atoms with E-state index < -0.39 is 15.6 Å². The summed E-state index contributed by atoms with van der Waals surface area (Å²) >= 11 is 0. The van der Waals surface area contributed by atoms with Gasteiger partial charge in [0.25, 0.3) is 0 Å². The molecule has 1 aliphatic carbocycles. The van der Waals surface area contributed by atoms with E-state index in [1.807, 2.05) is 33.0 Å². The molecule has 2 fully saturated rings. The summed E-state index contributed by atoms with van der Waals surface area (Å²) in [5.74, 6) is 1.05. The molecule has 188 valence electrons. The molecule has 1 saturated heterocycles. The molecule has 0 amide bonds. The van der Waals surface area contributed by atoms with Crippen molar-refractivity contribution in [2.24, 2.45) is 11.8 Å². The van der Waals surface area contributed by atoms with E-state index >= 15 is 0 Å². The van der Waals surface area contributed by atoms with Gasteiger partial charge in [-0.1, -0.05) is 0 Å². The summed E-state index contributed by atoms with van der Waals surface area (Å²) in [6, 6.07) is 2.32. The molecule has 0 aromatic carbocycles. The molecule has 1 N–H and O–H groups in total. The predicted octanol–water partition coefficient (Wildman–Crippen LogP) is 3.34. The van der Waals surface area contributed by atoms with Crippen LogP contribution in [0.2, 0.25) is 0 Å². The Bertz CT molecular complexity index is 1100. The standard InChI is InChI=1S/C24H37N5O4S/c1-24(2,3)33-21(30)13-18-10-12-29(14-18)34(31,32)15-17-5-7-19(8-6-17)28(4)23-20-9-11-25-22(20)26-16-27-23/h9,11,16-19H,5-8,10,12-15H2,1-4H3,(H,25,26,27)/t17?,18-,19?/m1/s1. The van der Waals surface area contributed by atoms with E-state index in [2.05, 4.69) is 26.9 Å². The molecular weight excluding hydrogens is 454 g/mol. The number of anilines is 1. The third-order valence-corrected chi connectivity index (χ3v) is 9.01. The lowest BCUT2D eigenvalue weighted by molar-refractivity contribution is -0.155. The summed E-state index contributed by atoms with van der Waals surface area (Å²) < 4.78 is 33.2. The highest BCUT2D eigenvalue weighted by Crippen LogP contribution is 2.33. The van der Waals surface area contributed by atoms with Gasteiger partial charge in [0, 0.05) is 38.8 Å². The first-order valence-corrected chi connectivity index (χ1v) is 13.8. The van der Waals surface area contributed by atoms with Crippen molar-refractivity contribution in [3.8, 4) is 0 Å². The predicted molar refractivity (Wildman–Crippen MR) is 132 cm³/mol. The number of fused-ring (bicyclic) bond motifs is 1. The van der Waals surface area contributed by atoms with Crippen molar-refractivity contribution >= 4 is 32.8 Å². The Morgan fingerprint density at radius 2 is 1.91 bits per heavy atom. The van der Waals surface area contributed by atoms with Crippen LogP contribution in [0.15, 0.2) is 18.6 Å². The van der Waals surface area contributed by atoms with Gasteiger partial charge in [-0.3, -0.25) is 4.79 Å². The summed E-state index contributed by atoms with van der Waals surface area (Å²) in [6.07, 6.45) is 8.07. The van der Waals surface area contributed by atoms with Gasteiger partial charge in [0.05, 0.1) is 11.1 Å². The van der Waals surface area contributed by atoms with Crippen molar-refractivity contribution < 1.29 is 17.9 Å². The molecule has 1 saturated carbocycles. The Labute approximate surface area is 202 Å². The first-order chi connectivity index (χ1) is 16.0. The lowest BCUT2D eigenvalue weighted by Gasteiger charge is -2.35. The van der Waals surface area contributed by atoms with Gasteiger partial charge in [0.15, 0.2) is 0 Å². The maximum Gasteiger partial charge on any atom is 0.306 e. The minimum atomic E-state index is -3.33. The van der Waals surface area contributed by atoms with Gasteiger partial charge < -0.3 is 14.6 Å². The topological polar surface area (TPSA) is 108 Å². The smallest absolute Gasteiger partial charge is 0.306 e. The molecule has 0 unspecified atom stereocenters. The maximum atomic E-state index is 13.1. The normalized spacial score (nSPS) is 24.4. The van der Waals surface area contributed by atoms with Gasteiger partial charge in [-0.2, -0.15) is 0 Å². The van der Waals surface area contributed by atoms with Gasteiger partial charge in [0.1, 0.15) is 23.4 Å². The Balaban J connectivity index is 1.27. The van der Waals surface area contributed by atoms with E-state index in [-0.39, 0.29) is 30.0 Å². The molecule has 2 aliphatic rings. The fourth-order valence-electron chi connectivity index (χ4n) is 5.25. The fourth-order valence-corrected chi connectivity index (χ4v) is 7.21. The van der Waals surface area contributed by atoms with Gasteiger partial charge >= 0.3 is 5.97 Å². The number of H-pyrrole nitrogens is 1. The number of carbonyl (C=O) groups is 1. The van der Waals surface area contributed by atoms with Crippen LogP contribution in [0.5, 0.6) is 0 Å². The third kappa shape index (κ3) is 5.89. The van der Waals surface area contributed by atoms with E-state index in [4.69, 9.17) is 4.74 Å². The lowest BCUT2D eigenvalue weighted by Crippen LogP contribution is -2.39. The first kappa shape index (κ1) is 24.9. The van der Waals surface area contributed by atoms with Gasteiger partial charge in [-0.15, -0.1) is 0 Å². The van der Waals surface area contributed by atoms with Crippen LogP contribution in [0.4, 0.5) is 5.82 Å². The van der Waals surface area contributed by atoms with Crippen LogP contribution in [0.1, 0.15) is 59.3 Å². The number of sulfonamides is 1. The quantitative estimate of drug-likeness (QED) is 0.592. The number of carbonyl (C=O) groups excluding carboxylic acids is 1. The summed E-state index contributed by atoms with van der Waals surface area (Å²) in [5, 5.41) is 1.00. The minimum absolute atomic E-state index is 0.0344. The number of nitrogens with zero attached hydrogens (tertiary/aromatic N) is 4. The molecule has 1 atom stereocenters. The third-order valence-electron chi connectivity index (χ3n) is 6.99. The van der Waals surface area contributed by atoms with Crippen molar-refractivity contribution in [1.82, 2.24) is 19.3 Å². The summed E-state index contributed by atoms with van der Waals surface area (Å²) in [4.78, 5) is 26.2. The number of nitrogens with one attached hydrogen (secondary N) is 1. The number of rotatable bonds is 7. The molecule has 0 bridgehead atoms. The average Bonchev–Trinajstić information content (AvgIpc) is 3.42. The van der Waals surface area contributed by atoms with E-state index in [0.29, 0.717) is 25.6 Å². The lowest BCUT2D eigenvalue weighted by atomic mass is 9.86. The van der Waals surface area contributed by atoms with Crippen molar-refractivity contribution in [2.75, 3.05) is 30.8 Å². The van der Waals surface area contributed by atoms with E-state index in [0.717, 1.165) is 42.5 Å². The second kappa shape index (κ2) is 9.81. The summed E-state index contributed by atoms with van der Waals surface area (Å²) in [5.41, 5.74) is 0.308. The summed E-state index contributed by atoms with van der Waals surface area (Å²) in [7, 11) is -1.27. The van der Waals surface area contributed by atoms with E-state index in [1.165, 1.54) is 0 Å². The summed E-state index contributed by atoms with van der Waals surface area (Å²) in [6.45, 7) is 6.44. The zero-order valence-electron chi connectivity index (χ0n) is 20.7. The van der Waals surface area contributed by atoms with Crippen molar-refractivity contribution in [3.63, 3.8) is 0 Å². The molecule has 10 heteroatoms.